The molecule has 0 unspecified atom stereocenters. The highest BCUT2D eigenvalue weighted by atomic mass is 79.9. The highest BCUT2D eigenvalue weighted by Gasteiger charge is 2.14. The maximum Gasteiger partial charge on any atom is 0.343 e. The van der Waals surface area contributed by atoms with Crippen molar-refractivity contribution >= 4 is 49.6 Å². The monoisotopic (exact) mass is 468 g/mol. The van der Waals surface area contributed by atoms with Crippen LogP contribution in [0.5, 0.6) is 5.75 Å². The van der Waals surface area contributed by atoms with Crippen molar-refractivity contribution < 1.29 is 23.9 Å². The van der Waals surface area contributed by atoms with E-state index in [0.717, 1.165) is 4.47 Å². The number of ether oxygens (including phenoxy) is 2. The Morgan fingerprint density at radius 2 is 1.52 bits per heavy atom. The van der Waals surface area contributed by atoms with Crippen molar-refractivity contribution in [2.24, 2.45) is 0 Å². The topological polar surface area (TPSA) is 69.7 Å². The molecule has 7 heteroatoms. The smallest absolute Gasteiger partial charge is 0.343 e. The molecule has 130 valence electrons. The fourth-order valence-corrected chi connectivity index (χ4v) is 2.19. The van der Waals surface area contributed by atoms with E-state index in [-0.39, 0.29) is 12.4 Å². The van der Waals surface area contributed by atoms with Crippen LogP contribution < -0.4 is 4.74 Å². The van der Waals surface area contributed by atoms with Crippen molar-refractivity contribution in [3.8, 4) is 5.75 Å². The minimum absolute atomic E-state index is 0.315. The number of alkyl halides is 1. The molecule has 0 spiro atoms. The first-order valence-corrected chi connectivity index (χ1v) is 8.99. The SMILES string of the molecule is C[C@@H](Br)C(=O)OCC(=O)c1ccc(OC(=O)c2ccc(Br)cc2)cc1. The molecule has 0 aliphatic rings. The molecule has 1 atom stereocenters. The third-order valence-electron chi connectivity index (χ3n) is 3.14. The molecule has 0 aliphatic heterocycles. The number of halogens is 2. The van der Waals surface area contributed by atoms with Gasteiger partial charge >= 0.3 is 11.9 Å². The van der Waals surface area contributed by atoms with Crippen molar-refractivity contribution in [1.29, 1.82) is 0 Å². The molecule has 0 N–H and O–H groups in total. The zero-order valence-corrected chi connectivity index (χ0v) is 16.4. The Morgan fingerprint density at radius 3 is 2.08 bits per heavy atom. The second-order valence-corrected chi connectivity index (χ2v) is 7.36. The zero-order chi connectivity index (χ0) is 18.4. The summed E-state index contributed by atoms with van der Waals surface area (Å²) in [6.07, 6.45) is 0. The van der Waals surface area contributed by atoms with E-state index in [9.17, 15) is 14.4 Å². The maximum atomic E-state index is 12.0. The quantitative estimate of drug-likeness (QED) is 0.275. The summed E-state index contributed by atoms with van der Waals surface area (Å²) in [5.41, 5.74) is 0.776. The Kier molecular flexibility index (Phi) is 6.90. The highest BCUT2D eigenvalue weighted by molar-refractivity contribution is 9.10. The molecular weight excluding hydrogens is 456 g/mol. The molecule has 0 aliphatic carbocycles. The lowest BCUT2D eigenvalue weighted by atomic mass is 10.1. The van der Waals surface area contributed by atoms with E-state index in [1.54, 1.807) is 31.2 Å². The van der Waals surface area contributed by atoms with Crippen molar-refractivity contribution in [3.63, 3.8) is 0 Å². The van der Waals surface area contributed by atoms with Crippen molar-refractivity contribution in [2.45, 2.75) is 11.8 Å². The van der Waals surface area contributed by atoms with Crippen LogP contribution in [0.2, 0.25) is 0 Å². The lowest BCUT2D eigenvalue weighted by Gasteiger charge is -2.07. The minimum Gasteiger partial charge on any atom is -0.456 e. The molecular formula is C18H14Br2O5. The molecule has 0 saturated carbocycles. The summed E-state index contributed by atoms with van der Waals surface area (Å²) in [5.74, 6) is -1.02. The van der Waals surface area contributed by atoms with Gasteiger partial charge in [0.05, 0.1) is 5.56 Å². The van der Waals surface area contributed by atoms with Crippen LogP contribution in [0, 0.1) is 0 Å². The third kappa shape index (κ3) is 5.79. The van der Waals surface area contributed by atoms with Crippen LogP contribution >= 0.6 is 31.9 Å². The van der Waals surface area contributed by atoms with Gasteiger partial charge in [0, 0.05) is 10.0 Å². The Balaban J connectivity index is 1.95. The van der Waals surface area contributed by atoms with Crippen LogP contribution in [0.1, 0.15) is 27.6 Å². The van der Waals surface area contributed by atoms with Crippen LogP contribution in [-0.4, -0.2) is 29.2 Å². The van der Waals surface area contributed by atoms with Crippen molar-refractivity contribution in [2.75, 3.05) is 6.61 Å². The first-order valence-electron chi connectivity index (χ1n) is 7.28. The molecule has 0 radical (unpaired) electrons. The number of hydrogen-bond donors (Lipinski definition) is 0. The predicted octanol–water partition coefficient (Wildman–Crippen LogP) is 4.18. The lowest BCUT2D eigenvalue weighted by molar-refractivity contribution is -0.141. The molecule has 5 nitrogen and oxygen atoms in total. The van der Waals surface area contributed by atoms with E-state index in [1.165, 1.54) is 24.3 Å². The molecule has 25 heavy (non-hydrogen) atoms. The Bertz CT molecular complexity index is 767. The van der Waals surface area contributed by atoms with E-state index in [1.807, 2.05) is 0 Å². The van der Waals surface area contributed by atoms with E-state index < -0.39 is 16.8 Å². The summed E-state index contributed by atoms with van der Waals surface area (Å²) in [4.78, 5) is 34.8. The van der Waals surface area contributed by atoms with E-state index in [2.05, 4.69) is 31.9 Å². The Labute approximate surface area is 161 Å². The summed E-state index contributed by atoms with van der Waals surface area (Å²) in [6.45, 7) is 1.27. The van der Waals surface area contributed by atoms with Gasteiger partial charge in [0.2, 0.25) is 0 Å². The normalized spacial score (nSPS) is 11.5. The van der Waals surface area contributed by atoms with Crippen molar-refractivity contribution in [1.82, 2.24) is 0 Å². The summed E-state index contributed by atoms with van der Waals surface area (Å²) in [7, 11) is 0. The van der Waals surface area contributed by atoms with Gasteiger partial charge in [0.25, 0.3) is 0 Å². The molecule has 0 bridgehead atoms. The lowest BCUT2D eigenvalue weighted by Crippen LogP contribution is -2.19. The van der Waals surface area contributed by atoms with Gasteiger partial charge in [0.15, 0.2) is 12.4 Å². The number of hydrogen-bond acceptors (Lipinski definition) is 5. The second-order valence-electron chi connectivity index (χ2n) is 5.07. The number of ketones is 1. The average molecular weight is 470 g/mol. The van der Waals surface area contributed by atoms with Crippen molar-refractivity contribution in [3.05, 3.63) is 64.1 Å². The van der Waals surface area contributed by atoms with Gasteiger partial charge < -0.3 is 9.47 Å². The van der Waals surface area contributed by atoms with Gasteiger partial charge in [-0.2, -0.15) is 0 Å². The number of carbonyl (C=O) groups excluding carboxylic acids is 3. The molecule has 2 aromatic carbocycles. The summed E-state index contributed by atoms with van der Waals surface area (Å²) >= 11 is 6.36. The van der Waals surface area contributed by atoms with Gasteiger partial charge in [-0.05, 0) is 55.5 Å². The molecule has 0 amide bonds. The number of Topliss-reactive ketones (excluding diaryl/α,β-unsaturated/α-hetero) is 1. The van der Waals surface area contributed by atoms with E-state index >= 15 is 0 Å². The summed E-state index contributed by atoms with van der Waals surface area (Å²) < 4.78 is 11.0. The van der Waals surface area contributed by atoms with Gasteiger partial charge in [-0.3, -0.25) is 9.59 Å². The van der Waals surface area contributed by atoms with Crippen LogP contribution in [0.15, 0.2) is 53.0 Å². The molecule has 2 aromatic rings. The number of esters is 2. The minimum atomic E-state index is -0.506. The zero-order valence-electron chi connectivity index (χ0n) is 13.2. The maximum absolute atomic E-state index is 12.0. The molecule has 2 rings (SSSR count). The number of benzene rings is 2. The molecule has 0 saturated heterocycles. The number of rotatable bonds is 6. The van der Waals surface area contributed by atoms with Crippen LogP contribution in [0.3, 0.4) is 0 Å². The van der Waals surface area contributed by atoms with Crippen LogP contribution in [-0.2, 0) is 9.53 Å². The standard InChI is InChI=1S/C18H14Br2O5/c1-11(19)17(22)24-10-16(21)12-4-8-15(9-5-12)25-18(23)13-2-6-14(20)7-3-13/h2-9,11H,10H2,1H3/t11-/m1/s1. The van der Waals surface area contributed by atoms with Gasteiger partial charge in [0.1, 0.15) is 10.6 Å². The summed E-state index contributed by atoms with van der Waals surface area (Å²) in [5, 5.41) is 0. The van der Waals surface area contributed by atoms with Gasteiger partial charge in [-0.25, -0.2) is 4.79 Å². The summed E-state index contributed by atoms with van der Waals surface area (Å²) in [6, 6.07) is 12.8. The van der Waals surface area contributed by atoms with Crippen LogP contribution in [0.4, 0.5) is 0 Å². The largest absolute Gasteiger partial charge is 0.456 e. The third-order valence-corrected chi connectivity index (χ3v) is 4.04. The Hall–Kier alpha value is -1.99. The predicted molar refractivity (Wildman–Crippen MR) is 99.2 cm³/mol. The highest BCUT2D eigenvalue weighted by Crippen LogP contribution is 2.16. The Morgan fingerprint density at radius 1 is 0.960 bits per heavy atom. The first kappa shape index (κ1) is 19.3. The molecule has 0 heterocycles. The average Bonchev–Trinajstić information content (AvgIpc) is 2.60. The fraction of sp³-hybridized carbons (Fsp3) is 0.167. The van der Waals surface area contributed by atoms with Gasteiger partial charge in [-0.15, -0.1) is 0 Å². The first-order chi connectivity index (χ1) is 11.9. The number of carbonyl (C=O) groups is 3. The van der Waals surface area contributed by atoms with Crippen LogP contribution in [0.25, 0.3) is 0 Å². The molecule has 0 aromatic heterocycles. The second kappa shape index (κ2) is 8.92. The molecule has 0 fully saturated rings. The van der Waals surface area contributed by atoms with E-state index in [4.69, 9.17) is 9.47 Å². The fourth-order valence-electron chi connectivity index (χ4n) is 1.80. The van der Waals surface area contributed by atoms with E-state index in [0.29, 0.717) is 16.9 Å². The van der Waals surface area contributed by atoms with Gasteiger partial charge in [-0.1, -0.05) is 31.9 Å².